The van der Waals surface area contributed by atoms with Gasteiger partial charge in [-0.1, -0.05) is 0 Å². The van der Waals surface area contributed by atoms with Crippen molar-refractivity contribution in [2.24, 2.45) is 5.73 Å². The highest BCUT2D eigenvalue weighted by Gasteiger charge is 1.98. The van der Waals surface area contributed by atoms with Crippen molar-refractivity contribution in [3.05, 3.63) is 18.0 Å². The van der Waals surface area contributed by atoms with Crippen LogP contribution >= 0.6 is 0 Å². The number of rotatable bonds is 2. The third-order valence-corrected chi connectivity index (χ3v) is 1.39. The summed E-state index contributed by atoms with van der Waals surface area (Å²) in [7, 11) is 0. The maximum atomic E-state index is 5.59. The fraction of sp³-hybridized carbons (Fsp3) is 0.571. The van der Waals surface area contributed by atoms with Crippen LogP contribution in [-0.2, 0) is 6.54 Å². The van der Waals surface area contributed by atoms with Gasteiger partial charge in [0, 0.05) is 17.9 Å². The van der Waals surface area contributed by atoms with E-state index in [-0.39, 0.29) is 6.04 Å². The number of aryl methyl sites for hydroxylation is 1. The van der Waals surface area contributed by atoms with Gasteiger partial charge in [-0.3, -0.25) is 4.68 Å². The lowest BCUT2D eigenvalue weighted by Gasteiger charge is -2.06. The average molecular weight is 139 g/mol. The van der Waals surface area contributed by atoms with Crippen LogP contribution < -0.4 is 5.73 Å². The van der Waals surface area contributed by atoms with Gasteiger partial charge in [-0.2, -0.15) is 5.10 Å². The van der Waals surface area contributed by atoms with Gasteiger partial charge in [0.15, 0.2) is 0 Å². The molecule has 1 aromatic rings. The molecule has 0 amide bonds. The Kier molecular flexibility index (Phi) is 2.06. The first kappa shape index (κ1) is 7.28. The minimum atomic E-state index is 0.179. The first-order valence-corrected chi connectivity index (χ1v) is 3.44. The third-order valence-electron chi connectivity index (χ3n) is 1.39. The van der Waals surface area contributed by atoms with Crippen molar-refractivity contribution in [3.8, 4) is 0 Å². The normalized spacial score (nSPS) is 13.5. The van der Waals surface area contributed by atoms with E-state index in [4.69, 9.17) is 5.73 Å². The van der Waals surface area contributed by atoms with E-state index < -0.39 is 0 Å². The Bertz CT molecular complexity index is 202. The molecule has 0 aliphatic rings. The molecule has 0 unspecified atom stereocenters. The summed E-state index contributed by atoms with van der Waals surface area (Å²) in [4.78, 5) is 0. The molecule has 0 aliphatic carbocycles. The highest BCUT2D eigenvalue weighted by molar-refractivity contribution is 4.96. The van der Waals surface area contributed by atoms with Gasteiger partial charge in [0.25, 0.3) is 0 Å². The molecule has 0 bridgehead atoms. The van der Waals surface area contributed by atoms with Gasteiger partial charge in [-0.15, -0.1) is 0 Å². The molecule has 0 fully saturated rings. The second-order valence-corrected chi connectivity index (χ2v) is 2.63. The standard InChI is InChI=1S/C7H13N3/c1-6(8)5-10-7(2)3-4-9-10/h3-4,6H,5,8H2,1-2H3/t6-/m0/s1. The molecule has 56 valence electrons. The number of aromatic nitrogens is 2. The molecular formula is C7H13N3. The summed E-state index contributed by atoms with van der Waals surface area (Å²) >= 11 is 0. The predicted molar refractivity (Wildman–Crippen MR) is 40.6 cm³/mol. The molecule has 1 rings (SSSR count). The quantitative estimate of drug-likeness (QED) is 0.649. The Hall–Kier alpha value is -0.830. The van der Waals surface area contributed by atoms with E-state index in [0.717, 1.165) is 12.2 Å². The van der Waals surface area contributed by atoms with Crippen LogP contribution in [0.4, 0.5) is 0 Å². The summed E-state index contributed by atoms with van der Waals surface area (Å²) in [5.74, 6) is 0. The predicted octanol–water partition coefficient (Wildman–Crippen LogP) is 0.539. The molecule has 0 spiro atoms. The van der Waals surface area contributed by atoms with Crippen LogP contribution in [0.1, 0.15) is 12.6 Å². The van der Waals surface area contributed by atoms with Crippen LogP contribution in [0.2, 0.25) is 0 Å². The Balaban J connectivity index is 2.65. The third kappa shape index (κ3) is 1.57. The van der Waals surface area contributed by atoms with E-state index in [9.17, 15) is 0 Å². The van der Waals surface area contributed by atoms with E-state index in [1.807, 2.05) is 24.6 Å². The molecule has 0 saturated heterocycles. The second kappa shape index (κ2) is 2.84. The molecule has 1 heterocycles. The zero-order valence-electron chi connectivity index (χ0n) is 6.41. The minimum Gasteiger partial charge on any atom is -0.326 e. The zero-order chi connectivity index (χ0) is 7.56. The van der Waals surface area contributed by atoms with E-state index in [1.165, 1.54) is 0 Å². The summed E-state index contributed by atoms with van der Waals surface area (Å²) in [5, 5.41) is 4.09. The smallest absolute Gasteiger partial charge is 0.0560 e. The molecule has 1 aromatic heterocycles. The Morgan fingerprint density at radius 1 is 1.80 bits per heavy atom. The van der Waals surface area contributed by atoms with Crippen LogP contribution in [-0.4, -0.2) is 15.8 Å². The molecule has 0 aliphatic heterocycles. The zero-order valence-corrected chi connectivity index (χ0v) is 6.41. The fourth-order valence-corrected chi connectivity index (χ4v) is 0.863. The second-order valence-electron chi connectivity index (χ2n) is 2.63. The highest BCUT2D eigenvalue weighted by atomic mass is 15.3. The molecule has 3 nitrogen and oxygen atoms in total. The minimum absolute atomic E-state index is 0.179. The Labute approximate surface area is 60.8 Å². The van der Waals surface area contributed by atoms with Crippen molar-refractivity contribution < 1.29 is 0 Å². The van der Waals surface area contributed by atoms with Crippen molar-refractivity contribution in [2.45, 2.75) is 26.4 Å². The number of nitrogens with two attached hydrogens (primary N) is 1. The maximum absolute atomic E-state index is 5.59. The number of hydrogen-bond acceptors (Lipinski definition) is 2. The van der Waals surface area contributed by atoms with Gasteiger partial charge in [-0.25, -0.2) is 0 Å². The number of nitrogens with zero attached hydrogens (tertiary/aromatic N) is 2. The van der Waals surface area contributed by atoms with Crippen molar-refractivity contribution in [1.82, 2.24) is 9.78 Å². The van der Waals surface area contributed by atoms with Gasteiger partial charge >= 0.3 is 0 Å². The summed E-state index contributed by atoms with van der Waals surface area (Å²) in [6.07, 6.45) is 1.79. The first-order valence-electron chi connectivity index (χ1n) is 3.44. The summed E-state index contributed by atoms with van der Waals surface area (Å²) in [5.41, 5.74) is 6.76. The fourth-order valence-electron chi connectivity index (χ4n) is 0.863. The van der Waals surface area contributed by atoms with Crippen molar-refractivity contribution in [1.29, 1.82) is 0 Å². The number of hydrogen-bond donors (Lipinski definition) is 1. The van der Waals surface area contributed by atoms with Crippen molar-refractivity contribution in [2.75, 3.05) is 0 Å². The van der Waals surface area contributed by atoms with Gasteiger partial charge < -0.3 is 5.73 Å². The summed E-state index contributed by atoms with van der Waals surface area (Å²) < 4.78 is 1.91. The monoisotopic (exact) mass is 139 g/mol. The van der Waals surface area contributed by atoms with Gasteiger partial charge in [0.05, 0.1) is 6.54 Å². The van der Waals surface area contributed by atoms with Crippen molar-refractivity contribution >= 4 is 0 Å². The topological polar surface area (TPSA) is 43.8 Å². The van der Waals surface area contributed by atoms with E-state index >= 15 is 0 Å². The molecule has 1 atom stereocenters. The van der Waals surface area contributed by atoms with Crippen LogP contribution in [0, 0.1) is 6.92 Å². The SMILES string of the molecule is Cc1ccnn1C[C@H](C)N. The molecular weight excluding hydrogens is 126 g/mol. The lowest BCUT2D eigenvalue weighted by molar-refractivity contribution is 0.528. The molecule has 2 N–H and O–H groups in total. The van der Waals surface area contributed by atoms with E-state index in [0.29, 0.717) is 0 Å². The molecule has 3 heteroatoms. The van der Waals surface area contributed by atoms with Crippen LogP contribution in [0.3, 0.4) is 0 Å². The van der Waals surface area contributed by atoms with Crippen molar-refractivity contribution in [3.63, 3.8) is 0 Å². The Morgan fingerprint density at radius 2 is 2.50 bits per heavy atom. The Morgan fingerprint density at radius 3 is 2.90 bits per heavy atom. The van der Waals surface area contributed by atoms with Gasteiger partial charge in [-0.05, 0) is 19.9 Å². The molecule has 10 heavy (non-hydrogen) atoms. The van der Waals surface area contributed by atoms with Gasteiger partial charge in [0.2, 0.25) is 0 Å². The summed E-state index contributed by atoms with van der Waals surface area (Å²) in [6, 6.07) is 2.15. The molecule has 0 saturated carbocycles. The average Bonchev–Trinajstić information content (AvgIpc) is 2.15. The maximum Gasteiger partial charge on any atom is 0.0560 e. The highest BCUT2D eigenvalue weighted by Crippen LogP contribution is 1.95. The van der Waals surface area contributed by atoms with E-state index in [2.05, 4.69) is 5.10 Å². The summed E-state index contributed by atoms with van der Waals surface area (Å²) in [6.45, 7) is 4.80. The molecule has 0 radical (unpaired) electrons. The van der Waals surface area contributed by atoms with E-state index in [1.54, 1.807) is 6.20 Å². The van der Waals surface area contributed by atoms with Crippen LogP contribution in [0.25, 0.3) is 0 Å². The van der Waals surface area contributed by atoms with Crippen LogP contribution in [0.5, 0.6) is 0 Å². The molecule has 0 aromatic carbocycles. The lowest BCUT2D eigenvalue weighted by Crippen LogP contribution is -2.23. The first-order chi connectivity index (χ1) is 4.70. The van der Waals surface area contributed by atoms with Gasteiger partial charge in [0.1, 0.15) is 0 Å². The lowest BCUT2D eigenvalue weighted by atomic mass is 10.3. The van der Waals surface area contributed by atoms with Crippen LogP contribution in [0.15, 0.2) is 12.3 Å². The largest absolute Gasteiger partial charge is 0.326 e.